The minimum Gasteiger partial charge on any atom is -0.372 e. The quantitative estimate of drug-likeness (QED) is 0.459. The first-order valence-electron chi connectivity index (χ1n) is 12.4. The van der Waals surface area contributed by atoms with E-state index in [0.717, 1.165) is 24.0 Å². The molecule has 1 atom stereocenters. The van der Waals surface area contributed by atoms with Crippen LogP contribution in [0.15, 0.2) is 47.5 Å². The van der Waals surface area contributed by atoms with Crippen molar-refractivity contribution in [3.05, 3.63) is 74.8 Å². The number of hydrogen-bond donors (Lipinski definition) is 0. The van der Waals surface area contributed by atoms with Crippen molar-refractivity contribution < 1.29 is 14.3 Å². The highest BCUT2D eigenvalue weighted by molar-refractivity contribution is 6.31. The summed E-state index contributed by atoms with van der Waals surface area (Å²) >= 11 is 6.10. The van der Waals surface area contributed by atoms with Crippen molar-refractivity contribution in [1.82, 2.24) is 19.4 Å². The monoisotopic (exact) mass is 535 g/mol. The number of nitriles is 1. The zero-order valence-corrected chi connectivity index (χ0v) is 22.4. The minimum absolute atomic E-state index is 0.00605. The summed E-state index contributed by atoms with van der Waals surface area (Å²) in [5, 5.41) is 9.83. The molecule has 1 saturated heterocycles. The molecule has 0 N–H and O–H groups in total. The summed E-state index contributed by atoms with van der Waals surface area (Å²) in [5.41, 5.74) is 2.48. The summed E-state index contributed by atoms with van der Waals surface area (Å²) in [7, 11) is 3.18. The molecule has 0 unspecified atom stereocenters. The van der Waals surface area contributed by atoms with Gasteiger partial charge in [0.1, 0.15) is 18.7 Å². The van der Waals surface area contributed by atoms with Crippen LogP contribution in [0.25, 0.3) is 10.9 Å². The maximum atomic E-state index is 13.3. The molecule has 1 aliphatic heterocycles. The first-order chi connectivity index (χ1) is 18.2. The van der Waals surface area contributed by atoms with Crippen LogP contribution in [0.1, 0.15) is 42.4 Å². The van der Waals surface area contributed by atoms with Gasteiger partial charge in [-0.1, -0.05) is 23.7 Å². The van der Waals surface area contributed by atoms with Gasteiger partial charge in [-0.05, 0) is 61.1 Å². The first kappa shape index (κ1) is 27.3. The summed E-state index contributed by atoms with van der Waals surface area (Å²) in [6, 6.07) is 12.7. The van der Waals surface area contributed by atoms with Crippen molar-refractivity contribution >= 4 is 34.3 Å². The lowest BCUT2D eigenvalue weighted by Crippen LogP contribution is -2.43. The molecule has 2 aromatic carbocycles. The average Bonchev–Trinajstić information content (AvgIpc) is 2.93. The smallest absolute Gasteiger partial charge is 0.261 e. The van der Waals surface area contributed by atoms with Gasteiger partial charge in [0.15, 0.2) is 0 Å². The Morgan fingerprint density at radius 2 is 1.97 bits per heavy atom. The van der Waals surface area contributed by atoms with Crippen LogP contribution in [-0.2, 0) is 27.4 Å². The number of methoxy groups -OCH3 is 1. The van der Waals surface area contributed by atoms with Gasteiger partial charge in [0.05, 0.1) is 27.8 Å². The van der Waals surface area contributed by atoms with Gasteiger partial charge >= 0.3 is 0 Å². The van der Waals surface area contributed by atoms with Gasteiger partial charge in [-0.15, -0.1) is 0 Å². The number of likely N-dealkylation sites (N-methyl/N-ethyl adjacent to an activating group) is 1. The number of aromatic nitrogens is 2. The van der Waals surface area contributed by atoms with Crippen molar-refractivity contribution in [2.24, 2.45) is 0 Å². The predicted octanol–water partition coefficient (Wildman–Crippen LogP) is 3.32. The van der Waals surface area contributed by atoms with Crippen LogP contribution in [0, 0.1) is 11.3 Å². The van der Waals surface area contributed by atoms with E-state index in [-0.39, 0.29) is 36.4 Å². The van der Waals surface area contributed by atoms with Gasteiger partial charge in [-0.3, -0.25) is 19.0 Å². The molecule has 0 bridgehead atoms. The number of nitrogens with zero attached hydrogens (tertiary/aromatic N) is 5. The Kier molecular flexibility index (Phi) is 8.45. The van der Waals surface area contributed by atoms with Crippen LogP contribution in [-0.4, -0.2) is 64.5 Å². The number of likely N-dealkylation sites (tertiary alicyclic amines) is 1. The first-order valence-corrected chi connectivity index (χ1v) is 12.8. The summed E-state index contributed by atoms with van der Waals surface area (Å²) in [6.07, 6.45) is 2.53. The Balaban J connectivity index is 1.46. The standard InChI is InChI=1S/C28H30ClN5O4/c1-18(38-3)27(36)33-10-8-20(9-11-33)21-6-7-25-23(13-21)28(37)34(17-31-25)16-26(35)32(2)15-19-4-5-22(14-30)24(29)12-19/h4-7,12-13,17-18,20H,8-11,15-16H2,1-3H3/t18-/m1/s1. The number of amides is 2. The van der Waals surface area contributed by atoms with Gasteiger partial charge in [0, 0.05) is 33.8 Å². The van der Waals surface area contributed by atoms with Crippen LogP contribution in [0.2, 0.25) is 5.02 Å². The molecule has 0 aliphatic carbocycles. The van der Waals surface area contributed by atoms with E-state index < -0.39 is 6.10 Å². The van der Waals surface area contributed by atoms with E-state index in [1.807, 2.05) is 29.2 Å². The number of fused-ring (bicyclic) bond motifs is 1. The number of benzene rings is 2. The molecule has 4 rings (SSSR count). The van der Waals surface area contributed by atoms with Gasteiger partial charge in [-0.25, -0.2) is 4.98 Å². The molecule has 3 aromatic rings. The third-order valence-corrected chi connectivity index (χ3v) is 7.45. The average molecular weight is 536 g/mol. The van der Waals surface area contributed by atoms with Crippen LogP contribution < -0.4 is 5.56 Å². The molecular weight excluding hydrogens is 506 g/mol. The van der Waals surface area contributed by atoms with E-state index in [1.165, 1.54) is 22.9 Å². The molecule has 2 amide bonds. The third-order valence-electron chi connectivity index (χ3n) is 7.13. The van der Waals surface area contributed by atoms with Gasteiger partial charge in [-0.2, -0.15) is 5.26 Å². The van der Waals surface area contributed by atoms with Gasteiger partial charge in [0.25, 0.3) is 11.5 Å². The lowest BCUT2D eigenvalue weighted by Gasteiger charge is -2.33. The molecule has 2 heterocycles. The van der Waals surface area contributed by atoms with E-state index in [0.29, 0.717) is 34.6 Å². The number of rotatable bonds is 7. The molecule has 198 valence electrons. The zero-order valence-electron chi connectivity index (χ0n) is 21.7. The summed E-state index contributed by atoms with van der Waals surface area (Å²) < 4.78 is 6.48. The number of halogens is 1. The molecule has 9 nitrogen and oxygen atoms in total. The Morgan fingerprint density at radius 3 is 2.63 bits per heavy atom. The van der Waals surface area contributed by atoms with Gasteiger partial charge < -0.3 is 14.5 Å². The Bertz CT molecular complexity index is 1460. The molecule has 0 saturated carbocycles. The zero-order chi connectivity index (χ0) is 27.4. The molecule has 1 fully saturated rings. The second kappa shape index (κ2) is 11.8. The fourth-order valence-electron chi connectivity index (χ4n) is 4.71. The van der Waals surface area contributed by atoms with E-state index in [9.17, 15) is 14.4 Å². The van der Waals surface area contributed by atoms with E-state index >= 15 is 0 Å². The number of carbonyl (C=O) groups is 2. The van der Waals surface area contributed by atoms with Gasteiger partial charge in [0.2, 0.25) is 5.91 Å². The number of hydrogen-bond acceptors (Lipinski definition) is 6. The maximum absolute atomic E-state index is 13.3. The predicted molar refractivity (Wildman–Crippen MR) is 144 cm³/mol. The summed E-state index contributed by atoms with van der Waals surface area (Å²) in [5.74, 6) is -0.0398. The van der Waals surface area contributed by atoms with Crippen LogP contribution in [0.5, 0.6) is 0 Å². The molecule has 0 radical (unpaired) electrons. The molecule has 0 spiro atoms. The Morgan fingerprint density at radius 1 is 1.24 bits per heavy atom. The highest BCUT2D eigenvalue weighted by atomic mass is 35.5. The van der Waals surface area contributed by atoms with Crippen molar-refractivity contribution in [1.29, 1.82) is 5.26 Å². The third kappa shape index (κ3) is 5.87. The van der Waals surface area contributed by atoms with Crippen LogP contribution in [0.4, 0.5) is 0 Å². The molecule has 1 aromatic heterocycles. The number of ether oxygens (including phenoxy) is 1. The van der Waals surface area contributed by atoms with E-state index in [4.69, 9.17) is 21.6 Å². The minimum atomic E-state index is -0.458. The van der Waals surface area contributed by atoms with Crippen molar-refractivity contribution in [2.45, 2.75) is 44.9 Å². The summed E-state index contributed by atoms with van der Waals surface area (Å²) in [6.45, 7) is 3.16. The second-order valence-electron chi connectivity index (χ2n) is 9.61. The van der Waals surface area contributed by atoms with Crippen molar-refractivity contribution in [3.63, 3.8) is 0 Å². The van der Waals surface area contributed by atoms with E-state index in [2.05, 4.69) is 4.98 Å². The molecule has 38 heavy (non-hydrogen) atoms. The fraction of sp³-hybridized carbons (Fsp3) is 0.393. The SMILES string of the molecule is CO[C@H](C)C(=O)N1CCC(c2ccc3ncn(CC(=O)N(C)Cc4ccc(C#N)c(Cl)c4)c(=O)c3c2)CC1. The van der Waals surface area contributed by atoms with Crippen molar-refractivity contribution in [3.8, 4) is 6.07 Å². The van der Waals surface area contributed by atoms with Crippen LogP contribution in [0.3, 0.4) is 0 Å². The lowest BCUT2D eigenvalue weighted by atomic mass is 9.88. The van der Waals surface area contributed by atoms with E-state index in [1.54, 1.807) is 32.2 Å². The molecular formula is C28H30ClN5O4. The lowest BCUT2D eigenvalue weighted by molar-refractivity contribution is -0.142. The normalized spacial score (nSPS) is 14.8. The second-order valence-corrected chi connectivity index (χ2v) is 10.0. The topological polar surface area (TPSA) is 109 Å². The fourth-order valence-corrected chi connectivity index (χ4v) is 4.96. The van der Waals surface area contributed by atoms with Crippen LogP contribution >= 0.6 is 11.6 Å². The molecule has 10 heteroatoms. The number of carbonyl (C=O) groups excluding carboxylic acids is 2. The summed E-state index contributed by atoms with van der Waals surface area (Å²) in [4.78, 5) is 46.3. The highest BCUT2D eigenvalue weighted by Gasteiger charge is 2.27. The number of piperidine rings is 1. The Labute approximate surface area is 226 Å². The maximum Gasteiger partial charge on any atom is 0.261 e. The largest absolute Gasteiger partial charge is 0.372 e. The highest BCUT2D eigenvalue weighted by Crippen LogP contribution is 2.29. The molecule has 1 aliphatic rings. The van der Waals surface area contributed by atoms with Crippen molar-refractivity contribution in [2.75, 3.05) is 27.2 Å². The Hall–Kier alpha value is -3.74.